The molecule has 0 saturated heterocycles. The Morgan fingerprint density at radius 3 is 2.86 bits per heavy atom. The minimum absolute atomic E-state index is 0.521. The van der Waals surface area contributed by atoms with Crippen molar-refractivity contribution in [1.82, 2.24) is 0 Å². The van der Waals surface area contributed by atoms with Gasteiger partial charge in [-0.15, -0.1) is 0 Å². The van der Waals surface area contributed by atoms with Crippen LogP contribution in [0.25, 0.3) is 0 Å². The van der Waals surface area contributed by atoms with Crippen LogP contribution in [-0.2, 0) is 0 Å². The Morgan fingerprint density at radius 1 is 1.07 bits per heavy atom. The first-order chi connectivity index (χ1) is 6.95. The maximum atomic E-state index is 5.50. The van der Waals surface area contributed by atoms with Gasteiger partial charge in [0.05, 0.1) is 12.0 Å². The second-order valence-corrected chi connectivity index (χ2v) is 3.12. The molecule has 1 aromatic carbocycles. The number of rotatable bonds is 1. The molecule has 0 radical (unpaired) electrons. The average Bonchev–Trinajstić information content (AvgIpc) is 2.85. The lowest BCUT2D eigenvalue weighted by atomic mass is 10.3. The van der Waals surface area contributed by atoms with Crippen molar-refractivity contribution in [1.29, 1.82) is 0 Å². The van der Waals surface area contributed by atoms with Gasteiger partial charge in [-0.05, 0) is 18.2 Å². The summed E-state index contributed by atoms with van der Waals surface area (Å²) in [6.45, 7) is 0.521. The van der Waals surface area contributed by atoms with Crippen molar-refractivity contribution in [3.05, 3.63) is 42.7 Å². The average molecular weight is 187 g/mol. The molecule has 1 aliphatic rings. The summed E-state index contributed by atoms with van der Waals surface area (Å²) in [5.74, 6) is 1.72. The number of para-hydroxylation sites is 2. The van der Waals surface area contributed by atoms with Crippen LogP contribution in [0.5, 0.6) is 5.75 Å². The van der Waals surface area contributed by atoms with Gasteiger partial charge in [-0.2, -0.15) is 0 Å². The Bertz CT molecular complexity index is 436. The van der Waals surface area contributed by atoms with E-state index < -0.39 is 0 Å². The lowest BCUT2D eigenvalue weighted by Gasteiger charge is -2.11. The number of anilines is 2. The van der Waals surface area contributed by atoms with E-state index in [1.54, 1.807) is 6.26 Å². The summed E-state index contributed by atoms with van der Waals surface area (Å²) in [5, 5.41) is 0. The second kappa shape index (κ2) is 2.80. The van der Waals surface area contributed by atoms with Gasteiger partial charge in [-0.25, -0.2) is 0 Å². The summed E-state index contributed by atoms with van der Waals surface area (Å²) in [7, 11) is 0. The molecule has 3 nitrogen and oxygen atoms in total. The Hall–Kier alpha value is -1.90. The molecular formula is C11H9NO2. The molecule has 0 bridgehead atoms. The van der Waals surface area contributed by atoms with Gasteiger partial charge in [0, 0.05) is 6.07 Å². The third-order valence-corrected chi connectivity index (χ3v) is 2.28. The van der Waals surface area contributed by atoms with Crippen LogP contribution in [-0.4, -0.2) is 6.73 Å². The second-order valence-electron chi connectivity index (χ2n) is 3.12. The minimum Gasteiger partial charge on any atom is -0.470 e. The van der Waals surface area contributed by atoms with E-state index in [1.807, 2.05) is 41.3 Å². The normalized spacial score (nSPS) is 13.9. The highest BCUT2D eigenvalue weighted by molar-refractivity contribution is 5.68. The van der Waals surface area contributed by atoms with Crippen molar-refractivity contribution < 1.29 is 9.15 Å². The van der Waals surface area contributed by atoms with Crippen molar-refractivity contribution >= 4 is 11.6 Å². The van der Waals surface area contributed by atoms with Gasteiger partial charge < -0.3 is 9.15 Å². The fraction of sp³-hybridized carbons (Fsp3) is 0.0909. The SMILES string of the molecule is c1coc(N2COc3ccccc32)c1. The number of nitrogens with zero attached hydrogens (tertiary/aromatic N) is 1. The Morgan fingerprint density at radius 2 is 2.00 bits per heavy atom. The van der Waals surface area contributed by atoms with Gasteiger partial charge in [-0.1, -0.05) is 12.1 Å². The summed E-state index contributed by atoms with van der Waals surface area (Å²) >= 11 is 0. The molecule has 2 heterocycles. The highest BCUT2D eigenvalue weighted by Crippen LogP contribution is 2.38. The monoisotopic (exact) mass is 187 g/mol. The zero-order valence-corrected chi connectivity index (χ0v) is 7.51. The Balaban J connectivity index is 2.06. The van der Waals surface area contributed by atoms with Crippen LogP contribution in [0.2, 0.25) is 0 Å². The lowest BCUT2D eigenvalue weighted by molar-refractivity contribution is 0.351. The molecule has 1 aliphatic heterocycles. The van der Waals surface area contributed by atoms with Crippen molar-refractivity contribution in [2.75, 3.05) is 11.6 Å². The minimum atomic E-state index is 0.521. The zero-order valence-electron chi connectivity index (χ0n) is 7.51. The summed E-state index contributed by atoms with van der Waals surface area (Å²) in [6.07, 6.45) is 1.66. The third kappa shape index (κ3) is 0.988. The van der Waals surface area contributed by atoms with Crippen molar-refractivity contribution in [2.45, 2.75) is 0 Å². The van der Waals surface area contributed by atoms with Gasteiger partial charge in [0.25, 0.3) is 0 Å². The van der Waals surface area contributed by atoms with Gasteiger partial charge in [-0.3, -0.25) is 4.90 Å². The summed E-state index contributed by atoms with van der Waals surface area (Å²) in [4.78, 5) is 2.00. The molecule has 14 heavy (non-hydrogen) atoms. The molecule has 70 valence electrons. The van der Waals surface area contributed by atoms with Gasteiger partial charge >= 0.3 is 0 Å². The van der Waals surface area contributed by atoms with E-state index in [0.717, 1.165) is 17.3 Å². The predicted octanol–water partition coefficient (Wildman–Crippen LogP) is 2.77. The van der Waals surface area contributed by atoms with E-state index in [1.165, 1.54) is 0 Å². The number of fused-ring (bicyclic) bond motifs is 1. The number of furan rings is 1. The molecular weight excluding hydrogens is 178 g/mol. The standard InChI is InChI=1S/C11H9NO2/c1-2-5-10-9(4-1)12(8-14-10)11-6-3-7-13-11/h1-7H,8H2. The van der Waals surface area contributed by atoms with Crippen LogP contribution in [0.15, 0.2) is 47.1 Å². The fourth-order valence-corrected chi connectivity index (χ4v) is 1.61. The van der Waals surface area contributed by atoms with Crippen LogP contribution in [0, 0.1) is 0 Å². The first-order valence-corrected chi connectivity index (χ1v) is 4.48. The lowest BCUT2D eigenvalue weighted by Crippen LogP contribution is -2.14. The molecule has 3 heteroatoms. The maximum Gasteiger partial charge on any atom is 0.202 e. The van der Waals surface area contributed by atoms with Crippen molar-refractivity contribution in [3.63, 3.8) is 0 Å². The molecule has 0 unspecified atom stereocenters. The highest BCUT2D eigenvalue weighted by atomic mass is 16.5. The topological polar surface area (TPSA) is 25.6 Å². The van der Waals surface area contributed by atoms with Crippen molar-refractivity contribution in [3.8, 4) is 5.75 Å². The van der Waals surface area contributed by atoms with E-state index in [2.05, 4.69) is 0 Å². The Kier molecular flexibility index (Phi) is 1.50. The predicted molar refractivity (Wildman–Crippen MR) is 52.8 cm³/mol. The number of hydrogen-bond acceptors (Lipinski definition) is 3. The summed E-state index contributed by atoms with van der Waals surface area (Å²) < 4.78 is 10.8. The quantitative estimate of drug-likeness (QED) is 0.686. The molecule has 0 N–H and O–H groups in total. The third-order valence-electron chi connectivity index (χ3n) is 2.28. The molecule has 0 spiro atoms. The largest absolute Gasteiger partial charge is 0.470 e. The van der Waals surface area contributed by atoms with Crippen LogP contribution >= 0.6 is 0 Å². The van der Waals surface area contributed by atoms with E-state index in [-0.39, 0.29) is 0 Å². The Labute approximate surface area is 81.5 Å². The summed E-state index contributed by atoms with van der Waals surface area (Å²) in [6, 6.07) is 11.7. The molecule has 0 fully saturated rings. The zero-order chi connectivity index (χ0) is 9.38. The fourth-order valence-electron chi connectivity index (χ4n) is 1.61. The van der Waals surface area contributed by atoms with Gasteiger partial charge in [0.15, 0.2) is 6.73 Å². The first-order valence-electron chi connectivity index (χ1n) is 4.48. The van der Waals surface area contributed by atoms with Crippen LogP contribution in [0.1, 0.15) is 0 Å². The first kappa shape index (κ1) is 7.50. The number of hydrogen-bond donors (Lipinski definition) is 0. The van der Waals surface area contributed by atoms with Crippen LogP contribution in [0.4, 0.5) is 11.6 Å². The molecule has 0 saturated carbocycles. The van der Waals surface area contributed by atoms with Gasteiger partial charge in [0.1, 0.15) is 5.75 Å². The molecule has 0 aliphatic carbocycles. The smallest absolute Gasteiger partial charge is 0.202 e. The highest BCUT2D eigenvalue weighted by Gasteiger charge is 2.22. The molecule has 2 aromatic rings. The number of ether oxygens (including phenoxy) is 1. The number of benzene rings is 1. The maximum absolute atomic E-state index is 5.50. The molecule has 0 amide bonds. The molecule has 0 atom stereocenters. The van der Waals surface area contributed by atoms with Crippen molar-refractivity contribution in [2.24, 2.45) is 0 Å². The van der Waals surface area contributed by atoms with Crippen LogP contribution in [0.3, 0.4) is 0 Å². The van der Waals surface area contributed by atoms with E-state index in [0.29, 0.717) is 6.73 Å². The van der Waals surface area contributed by atoms with E-state index in [4.69, 9.17) is 9.15 Å². The molecule has 3 rings (SSSR count). The van der Waals surface area contributed by atoms with E-state index in [9.17, 15) is 0 Å². The molecule has 1 aromatic heterocycles. The van der Waals surface area contributed by atoms with Gasteiger partial charge in [0.2, 0.25) is 5.88 Å². The van der Waals surface area contributed by atoms with E-state index >= 15 is 0 Å². The van der Waals surface area contributed by atoms with Crippen LogP contribution < -0.4 is 9.64 Å². The summed E-state index contributed by atoms with van der Waals surface area (Å²) in [5.41, 5.74) is 1.06.